The van der Waals surface area contributed by atoms with Crippen molar-refractivity contribution in [1.82, 2.24) is 10.2 Å². The number of hydrogen-bond donors (Lipinski definition) is 2. The number of rotatable bonds is 5. The number of nitrogens with one attached hydrogen (secondary N) is 1. The van der Waals surface area contributed by atoms with Gasteiger partial charge in [-0.1, -0.05) is 0 Å². The highest BCUT2D eigenvalue weighted by molar-refractivity contribution is 5.80. The Kier molecular flexibility index (Phi) is 5.41. The van der Waals surface area contributed by atoms with E-state index < -0.39 is 5.97 Å². The van der Waals surface area contributed by atoms with Gasteiger partial charge in [0.05, 0.1) is 12.3 Å². The molecule has 17 heavy (non-hydrogen) atoms. The fourth-order valence-electron chi connectivity index (χ4n) is 2.34. The van der Waals surface area contributed by atoms with Gasteiger partial charge in [-0.05, 0) is 33.2 Å². The zero-order valence-electron chi connectivity index (χ0n) is 10.6. The normalized spacial score (nSPS) is 21.9. The van der Waals surface area contributed by atoms with Crippen LogP contribution in [0.2, 0.25) is 0 Å². The molecule has 0 aromatic heterocycles. The number of carbonyl (C=O) groups is 2. The molecule has 5 nitrogen and oxygen atoms in total. The lowest BCUT2D eigenvalue weighted by atomic mass is 9.97. The Hall–Kier alpha value is -1.10. The van der Waals surface area contributed by atoms with E-state index in [0.29, 0.717) is 6.54 Å². The van der Waals surface area contributed by atoms with Crippen LogP contribution in [0.4, 0.5) is 0 Å². The Bertz CT molecular complexity index is 275. The zero-order valence-corrected chi connectivity index (χ0v) is 10.6. The van der Waals surface area contributed by atoms with Gasteiger partial charge in [0, 0.05) is 19.1 Å². The SMILES string of the molecule is CCN(C(=O)[C@H]1CCCNC1)C(C)CC(=O)O. The van der Waals surface area contributed by atoms with Gasteiger partial charge in [-0.2, -0.15) is 0 Å². The molecule has 1 aliphatic rings. The van der Waals surface area contributed by atoms with Crippen LogP contribution >= 0.6 is 0 Å². The standard InChI is InChI=1S/C12H22N2O3/c1-3-14(9(2)7-11(15)16)12(17)10-5-4-6-13-8-10/h9-10,13H,3-8H2,1-2H3,(H,15,16)/t9?,10-/m0/s1. The van der Waals surface area contributed by atoms with Crippen LogP contribution in [0.1, 0.15) is 33.1 Å². The summed E-state index contributed by atoms with van der Waals surface area (Å²) >= 11 is 0. The van der Waals surface area contributed by atoms with Gasteiger partial charge in [0.15, 0.2) is 0 Å². The third-order valence-corrected chi connectivity index (χ3v) is 3.27. The van der Waals surface area contributed by atoms with E-state index in [-0.39, 0.29) is 24.3 Å². The summed E-state index contributed by atoms with van der Waals surface area (Å²) in [5, 5.41) is 12.0. The average molecular weight is 242 g/mol. The van der Waals surface area contributed by atoms with Crippen molar-refractivity contribution < 1.29 is 14.7 Å². The summed E-state index contributed by atoms with van der Waals surface area (Å²) in [6.45, 7) is 5.96. The summed E-state index contributed by atoms with van der Waals surface area (Å²) in [6, 6.07) is -0.230. The van der Waals surface area contributed by atoms with Crippen LogP contribution in [0, 0.1) is 5.92 Å². The number of hydrogen-bond acceptors (Lipinski definition) is 3. The predicted octanol–water partition coefficient (Wildman–Crippen LogP) is 0.698. The summed E-state index contributed by atoms with van der Waals surface area (Å²) in [4.78, 5) is 24.6. The first-order valence-electron chi connectivity index (χ1n) is 6.29. The van der Waals surface area contributed by atoms with Crippen molar-refractivity contribution >= 4 is 11.9 Å². The van der Waals surface area contributed by atoms with E-state index >= 15 is 0 Å². The maximum Gasteiger partial charge on any atom is 0.305 e. The summed E-state index contributed by atoms with van der Waals surface area (Å²) in [5.74, 6) is -0.751. The summed E-state index contributed by atoms with van der Waals surface area (Å²) in [6.07, 6.45) is 1.93. The van der Waals surface area contributed by atoms with Crippen molar-refractivity contribution in [2.75, 3.05) is 19.6 Å². The fraction of sp³-hybridized carbons (Fsp3) is 0.833. The van der Waals surface area contributed by atoms with Gasteiger partial charge < -0.3 is 15.3 Å². The van der Waals surface area contributed by atoms with Gasteiger partial charge in [0.25, 0.3) is 0 Å². The minimum atomic E-state index is -0.856. The molecule has 1 amide bonds. The van der Waals surface area contributed by atoms with E-state index in [9.17, 15) is 9.59 Å². The third-order valence-electron chi connectivity index (χ3n) is 3.27. The smallest absolute Gasteiger partial charge is 0.305 e. The fourth-order valence-corrected chi connectivity index (χ4v) is 2.34. The topological polar surface area (TPSA) is 69.6 Å². The molecule has 1 heterocycles. The Morgan fingerprint density at radius 1 is 1.53 bits per heavy atom. The van der Waals surface area contributed by atoms with Crippen LogP contribution in [0.15, 0.2) is 0 Å². The van der Waals surface area contributed by atoms with Crippen LogP contribution in [-0.2, 0) is 9.59 Å². The highest BCUT2D eigenvalue weighted by Crippen LogP contribution is 2.16. The van der Waals surface area contributed by atoms with Crippen molar-refractivity contribution in [2.24, 2.45) is 5.92 Å². The molecule has 0 aliphatic carbocycles. The maximum absolute atomic E-state index is 12.2. The highest BCUT2D eigenvalue weighted by Gasteiger charge is 2.28. The summed E-state index contributed by atoms with van der Waals surface area (Å²) in [5.41, 5.74) is 0. The van der Waals surface area contributed by atoms with Crippen LogP contribution in [0.5, 0.6) is 0 Å². The molecule has 1 fully saturated rings. The molecule has 2 atom stereocenters. The van der Waals surface area contributed by atoms with E-state index in [2.05, 4.69) is 5.32 Å². The second-order valence-electron chi connectivity index (χ2n) is 4.61. The number of carbonyl (C=O) groups excluding carboxylic acids is 1. The number of carboxylic acid groups (broad SMARTS) is 1. The second kappa shape index (κ2) is 6.59. The molecule has 5 heteroatoms. The highest BCUT2D eigenvalue weighted by atomic mass is 16.4. The van der Waals surface area contributed by atoms with E-state index in [1.54, 1.807) is 11.8 Å². The van der Waals surface area contributed by atoms with Crippen molar-refractivity contribution in [3.05, 3.63) is 0 Å². The molecule has 0 aromatic rings. The van der Waals surface area contributed by atoms with E-state index in [4.69, 9.17) is 5.11 Å². The number of piperidine rings is 1. The Balaban J connectivity index is 2.58. The molecule has 0 bridgehead atoms. The number of aliphatic carboxylic acids is 1. The molecular formula is C12H22N2O3. The molecular weight excluding hydrogens is 220 g/mol. The Morgan fingerprint density at radius 2 is 2.24 bits per heavy atom. The number of amides is 1. The lowest BCUT2D eigenvalue weighted by Crippen LogP contribution is -2.47. The number of nitrogens with zero attached hydrogens (tertiary/aromatic N) is 1. The Morgan fingerprint density at radius 3 is 2.71 bits per heavy atom. The lowest BCUT2D eigenvalue weighted by Gasteiger charge is -2.32. The molecule has 0 saturated carbocycles. The largest absolute Gasteiger partial charge is 0.481 e. The first kappa shape index (κ1) is 14.0. The van der Waals surface area contributed by atoms with E-state index in [1.807, 2.05) is 6.92 Å². The van der Waals surface area contributed by atoms with Gasteiger partial charge in [-0.15, -0.1) is 0 Å². The van der Waals surface area contributed by atoms with Gasteiger partial charge in [-0.25, -0.2) is 0 Å². The number of carboxylic acids is 1. The quantitative estimate of drug-likeness (QED) is 0.744. The van der Waals surface area contributed by atoms with E-state index in [0.717, 1.165) is 25.9 Å². The molecule has 2 N–H and O–H groups in total. The first-order valence-corrected chi connectivity index (χ1v) is 6.29. The molecule has 98 valence electrons. The zero-order chi connectivity index (χ0) is 12.8. The van der Waals surface area contributed by atoms with Crippen LogP contribution < -0.4 is 5.32 Å². The first-order chi connectivity index (χ1) is 8.06. The van der Waals surface area contributed by atoms with Crippen molar-refractivity contribution in [1.29, 1.82) is 0 Å². The van der Waals surface area contributed by atoms with E-state index in [1.165, 1.54) is 0 Å². The summed E-state index contributed by atoms with van der Waals surface area (Å²) < 4.78 is 0. The minimum Gasteiger partial charge on any atom is -0.481 e. The molecule has 0 spiro atoms. The van der Waals surface area contributed by atoms with Gasteiger partial charge >= 0.3 is 5.97 Å². The minimum absolute atomic E-state index is 0.0136. The predicted molar refractivity (Wildman–Crippen MR) is 64.7 cm³/mol. The molecule has 1 saturated heterocycles. The summed E-state index contributed by atoms with van der Waals surface area (Å²) in [7, 11) is 0. The lowest BCUT2D eigenvalue weighted by molar-refractivity contribution is -0.142. The van der Waals surface area contributed by atoms with Gasteiger partial charge in [0.2, 0.25) is 5.91 Å². The molecule has 1 aliphatic heterocycles. The maximum atomic E-state index is 12.2. The molecule has 1 rings (SSSR count). The van der Waals surface area contributed by atoms with Crippen LogP contribution in [-0.4, -0.2) is 47.6 Å². The second-order valence-corrected chi connectivity index (χ2v) is 4.61. The molecule has 0 radical (unpaired) electrons. The monoisotopic (exact) mass is 242 g/mol. The molecule has 1 unspecified atom stereocenters. The van der Waals surface area contributed by atoms with Crippen molar-refractivity contribution in [2.45, 2.75) is 39.2 Å². The van der Waals surface area contributed by atoms with Crippen molar-refractivity contribution in [3.8, 4) is 0 Å². The Labute approximate surface area is 102 Å². The average Bonchev–Trinajstić information content (AvgIpc) is 2.30. The van der Waals surface area contributed by atoms with Crippen LogP contribution in [0.25, 0.3) is 0 Å². The van der Waals surface area contributed by atoms with Gasteiger partial charge in [-0.3, -0.25) is 9.59 Å². The van der Waals surface area contributed by atoms with Gasteiger partial charge in [0.1, 0.15) is 0 Å². The van der Waals surface area contributed by atoms with Crippen LogP contribution in [0.3, 0.4) is 0 Å². The third kappa shape index (κ3) is 4.00. The van der Waals surface area contributed by atoms with Crippen molar-refractivity contribution in [3.63, 3.8) is 0 Å². The molecule has 0 aromatic carbocycles.